The first-order valence-electron chi connectivity index (χ1n) is 9.21. The summed E-state index contributed by atoms with van der Waals surface area (Å²) in [5.74, 6) is 0.193. The summed E-state index contributed by atoms with van der Waals surface area (Å²) in [7, 11) is 0. The van der Waals surface area contributed by atoms with Crippen molar-refractivity contribution >= 4 is 11.8 Å². The highest BCUT2D eigenvalue weighted by atomic mass is 16.4. The highest BCUT2D eigenvalue weighted by Gasteiger charge is 2.31. The van der Waals surface area contributed by atoms with Crippen LogP contribution in [0.5, 0.6) is 0 Å². The summed E-state index contributed by atoms with van der Waals surface area (Å²) < 4.78 is 0. The second kappa shape index (κ2) is 12.1. The fourth-order valence-electron chi connectivity index (χ4n) is 3.16. The monoisotopic (exact) mass is 320 g/mol. The summed E-state index contributed by atoms with van der Waals surface area (Å²) in [5.41, 5.74) is 0. The van der Waals surface area contributed by atoms with Crippen LogP contribution in [0.25, 0.3) is 0 Å². The highest BCUT2D eigenvalue weighted by molar-refractivity contribution is 5.85. The maximum absolute atomic E-state index is 12.0. The summed E-state index contributed by atoms with van der Waals surface area (Å²) in [6.07, 6.45) is 19.0. The van der Waals surface area contributed by atoms with Crippen LogP contribution in [0.2, 0.25) is 0 Å². The third kappa shape index (κ3) is 8.73. The van der Waals surface area contributed by atoms with Gasteiger partial charge in [0.15, 0.2) is 0 Å². The van der Waals surface area contributed by atoms with Crippen molar-refractivity contribution in [3.8, 4) is 0 Å². The summed E-state index contributed by atoms with van der Waals surface area (Å²) in [6.45, 7) is 2.22. The second-order valence-corrected chi connectivity index (χ2v) is 6.56. The molecule has 3 nitrogen and oxygen atoms in total. The first-order chi connectivity index (χ1) is 11.1. The van der Waals surface area contributed by atoms with Crippen LogP contribution in [0.15, 0.2) is 24.3 Å². The predicted octanol–water partition coefficient (Wildman–Crippen LogP) is 5.31. The van der Waals surface area contributed by atoms with E-state index in [1.54, 1.807) is 0 Å². The minimum atomic E-state index is -0.732. The van der Waals surface area contributed by atoms with Crippen molar-refractivity contribution in [3.63, 3.8) is 0 Å². The van der Waals surface area contributed by atoms with Crippen molar-refractivity contribution in [2.24, 2.45) is 11.8 Å². The van der Waals surface area contributed by atoms with Crippen molar-refractivity contribution in [3.05, 3.63) is 24.3 Å². The van der Waals surface area contributed by atoms with Gasteiger partial charge in [-0.2, -0.15) is 0 Å². The van der Waals surface area contributed by atoms with Gasteiger partial charge in [-0.3, -0.25) is 9.59 Å². The average Bonchev–Trinajstić information content (AvgIpc) is 2.86. The third-order valence-electron chi connectivity index (χ3n) is 4.58. The summed E-state index contributed by atoms with van der Waals surface area (Å²) in [5, 5.41) is 8.59. The Hall–Kier alpha value is -1.38. The van der Waals surface area contributed by atoms with Crippen LogP contribution in [0.3, 0.4) is 0 Å². The fourth-order valence-corrected chi connectivity index (χ4v) is 3.16. The van der Waals surface area contributed by atoms with Crippen LogP contribution in [0.1, 0.15) is 77.6 Å². The summed E-state index contributed by atoms with van der Waals surface area (Å²) in [6, 6.07) is 0. The summed E-state index contributed by atoms with van der Waals surface area (Å²) in [4.78, 5) is 22.5. The van der Waals surface area contributed by atoms with Crippen LogP contribution in [-0.2, 0) is 9.59 Å². The molecule has 0 aromatic rings. The molecule has 1 fully saturated rings. The lowest BCUT2D eigenvalue weighted by atomic mass is 9.91. The number of allylic oxidation sites excluding steroid dienone is 4. The quantitative estimate of drug-likeness (QED) is 0.391. The maximum atomic E-state index is 12.0. The SMILES string of the molecule is CCCCCC/C=C\C1C(=O)CC[C@@H]1C/C=C/CCCC(=O)O. The largest absolute Gasteiger partial charge is 0.481 e. The minimum absolute atomic E-state index is 0.102. The Bertz CT molecular complexity index is 409. The Kier molecular flexibility index (Phi) is 10.3. The number of carbonyl (C=O) groups is 2. The van der Waals surface area contributed by atoms with Gasteiger partial charge in [-0.05, 0) is 44.4 Å². The Morgan fingerprint density at radius 1 is 1.13 bits per heavy atom. The summed E-state index contributed by atoms with van der Waals surface area (Å²) >= 11 is 0. The van der Waals surface area contributed by atoms with E-state index in [1.807, 2.05) is 0 Å². The lowest BCUT2D eigenvalue weighted by molar-refractivity contribution is -0.137. The molecule has 1 saturated carbocycles. The molecule has 0 radical (unpaired) electrons. The van der Waals surface area contributed by atoms with Gasteiger partial charge in [0.05, 0.1) is 0 Å². The number of carboxylic acids is 1. The highest BCUT2D eigenvalue weighted by Crippen LogP contribution is 2.33. The molecule has 3 heteroatoms. The molecule has 0 heterocycles. The number of hydrogen-bond donors (Lipinski definition) is 1. The van der Waals surface area contributed by atoms with E-state index >= 15 is 0 Å². The zero-order chi connectivity index (χ0) is 16.9. The Morgan fingerprint density at radius 2 is 1.91 bits per heavy atom. The molecule has 0 aliphatic heterocycles. The number of ketones is 1. The lowest BCUT2D eigenvalue weighted by Gasteiger charge is -2.12. The molecule has 0 spiro atoms. The molecule has 1 aliphatic rings. The molecular weight excluding hydrogens is 288 g/mol. The van der Waals surface area contributed by atoms with E-state index in [9.17, 15) is 9.59 Å². The van der Waals surface area contributed by atoms with Gasteiger partial charge in [0.25, 0.3) is 0 Å². The first kappa shape index (κ1) is 19.7. The number of Topliss-reactive ketones (excluding diaryl/α,β-unsaturated/α-hetero) is 1. The fraction of sp³-hybridized carbons (Fsp3) is 0.700. The molecule has 2 atom stereocenters. The van der Waals surface area contributed by atoms with Crippen LogP contribution in [0, 0.1) is 11.8 Å². The normalized spacial score (nSPS) is 21.7. The van der Waals surface area contributed by atoms with Gasteiger partial charge in [0, 0.05) is 18.8 Å². The van der Waals surface area contributed by atoms with Crippen LogP contribution < -0.4 is 0 Å². The van der Waals surface area contributed by atoms with Gasteiger partial charge in [-0.1, -0.05) is 50.5 Å². The van der Waals surface area contributed by atoms with Crippen molar-refractivity contribution < 1.29 is 14.7 Å². The van der Waals surface area contributed by atoms with E-state index < -0.39 is 5.97 Å². The molecule has 1 N–H and O–H groups in total. The number of aliphatic carboxylic acids is 1. The van der Waals surface area contributed by atoms with Crippen molar-refractivity contribution in [1.82, 2.24) is 0 Å². The van der Waals surface area contributed by atoms with E-state index in [1.165, 1.54) is 25.7 Å². The van der Waals surface area contributed by atoms with E-state index in [0.29, 0.717) is 24.5 Å². The van der Waals surface area contributed by atoms with Gasteiger partial charge >= 0.3 is 5.97 Å². The Labute approximate surface area is 140 Å². The smallest absolute Gasteiger partial charge is 0.303 e. The molecule has 23 heavy (non-hydrogen) atoms. The van der Waals surface area contributed by atoms with E-state index in [2.05, 4.69) is 31.2 Å². The van der Waals surface area contributed by atoms with Crippen molar-refractivity contribution in [2.75, 3.05) is 0 Å². The van der Waals surface area contributed by atoms with Gasteiger partial charge < -0.3 is 5.11 Å². The Balaban J connectivity index is 2.27. The number of rotatable bonds is 12. The van der Waals surface area contributed by atoms with Gasteiger partial charge in [-0.15, -0.1) is 0 Å². The number of carboxylic acid groups (broad SMARTS) is 1. The number of unbranched alkanes of at least 4 members (excludes halogenated alkanes) is 5. The molecule has 0 bridgehead atoms. The molecule has 1 rings (SSSR count). The number of hydrogen-bond acceptors (Lipinski definition) is 2. The van der Waals surface area contributed by atoms with E-state index in [-0.39, 0.29) is 12.3 Å². The van der Waals surface area contributed by atoms with Gasteiger partial charge in [-0.25, -0.2) is 0 Å². The second-order valence-electron chi connectivity index (χ2n) is 6.56. The Morgan fingerprint density at radius 3 is 2.65 bits per heavy atom. The molecule has 1 unspecified atom stereocenters. The molecule has 0 amide bonds. The van der Waals surface area contributed by atoms with Crippen LogP contribution in [0.4, 0.5) is 0 Å². The molecule has 0 aromatic heterocycles. The molecule has 1 aliphatic carbocycles. The van der Waals surface area contributed by atoms with Crippen molar-refractivity contribution in [2.45, 2.75) is 77.6 Å². The molecule has 0 saturated heterocycles. The first-order valence-corrected chi connectivity index (χ1v) is 9.21. The zero-order valence-electron chi connectivity index (χ0n) is 14.5. The van der Waals surface area contributed by atoms with Gasteiger partial charge in [0.1, 0.15) is 5.78 Å². The van der Waals surface area contributed by atoms with Crippen molar-refractivity contribution in [1.29, 1.82) is 0 Å². The maximum Gasteiger partial charge on any atom is 0.303 e. The molecular formula is C20H32O3. The lowest BCUT2D eigenvalue weighted by Crippen LogP contribution is -2.11. The average molecular weight is 320 g/mol. The van der Waals surface area contributed by atoms with Crippen LogP contribution in [-0.4, -0.2) is 16.9 Å². The van der Waals surface area contributed by atoms with E-state index in [4.69, 9.17) is 5.11 Å². The van der Waals surface area contributed by atoms with Crippen LogP contribution >= 0.6 is 0 Å². The predicted molar refractivity (Wildman–Crippen MR) is 94.4 cm³/mol. The third-order valence-corrected chi connectivity index (χ3v) is 4.58. The zero-order valence-corrected chi connectivity index (χ0v) is 14.5. The molecule has 0 aromatic carbocycles. The minimum Gasteiger partial charge on any atom is -0.481 e. The standard InChI is InChI=1S/C20H32O3/c1-2-3-4-5-6-10-13-18-17(15-16-19(18)21)12-9-7-8-11-14-20(22)23/h7,9-10,13,17-18H,2-6,8,11-12,14-16H2,1H3,(H,22,23)/b9-7+,13-10-/t17-,18?/m0/s1. The topological polar surface area (TPSA) is 54.4 Å². The van der Waals surface area contributed by atoms with E-state index in [0.717, 1.165) is 25.7 Å². The number of carbonyl (C=O) groups excluding carboxylic acids is 1. The molecule has 130 valence electrons. The van der Waals surface area contributed by atoms with Gasteiger partial charge in [0.2, 0.25) is 0 Å².